The molecule has 0 spiro atoms. The Morgan fingerprint density at radius 3 is 2.70 bits per heavy atom. The zero-order valence-electron chi connectivity index (χ0n) is 15.4. The monoisotopic (exact) mass is 398 g/mol. The maximum absolute atomic E-state index is 12.9. The van der Waals surface area contributed by atoms with E-state index in [-0.39, 0.29) is 5.91 Å². The van der Waals surface area contributed by atoms with Crippen LogP contribution in [-0.2, 0) is 5.75 Å². The number of amides is 1. The molecule has 3 rings (SSSR count). The largest absolute Gasteiger partial charge is 0.492 e. The summed E-state index contributed by atoms with van der Waals surface area (Å²) in [5.41, 5.74) is 4.78. The second kappa shape index (κ2) is 9.58. The zero-order chi connectivity index (χ0) is 19.1. The molecule has 0 N–H and O–H groups in total. The number of thiazole rings is 1. The summed E-state index contributed by atoms with van der Waals surface area (Å²) < 4.78 is 5.74. The number of nitrogens with zero attached hydrogens (tertiary/aromatic N) is 2. The molecule has 0 atom stereocenters. The average molecular weight is 399 g/mol. The van der Waals surface area contributed by atoms with E-state index in [1.807, 2.05) is 73.4 Å². The van der Waals surface area contributed by atoms with Crippen molar-refractivity contribution in [2.75, 3.05) is 20.2 Å². The number of carbonyl (C=O) groups excluding carboxylic acids is 1. The Bertz CT molecular complexity index is 864. The van der Waals surface area contributed by atoms with E-state index in [0.717, 1.165) is 27.7 Å². The lowest BCUT2D eigenvalue weighted by molar-refractivity contribution is 0.0770. The Labute approximate surface area is 168 Å². The van der Waals surface area contributed by atoms with Crippen LogP contribution in [0.1, 0.15) is 21.6 Å². The van der Waals surface area contributed by atoms with Gasteiger partial charge in [-0.05, 0) is 31.2 Å². The van der Waals surface area contributed by atoms with E-state index < -0.39 is 0 Å². The van der Waals surface area contributed by atoms with E-state index in [1.165, 1.54) is 5.56 Å². The Morgan fingerprint density at radius 1 is 1.19 bits per heavy atom. The molecule has 2 aromatic carbocycles. The minimum Gasteiger partial charge on any atom is -0.492 e. The van der Waals surface area contributed by atoms with Crippen molar-refractivity contribution in [1.82, 2.24) is 9.88 Å². The van der Waals surface area contributed by atoms with E-state index in [2.05, 4.69) is 4.98 Å². The third-order valence-electron chi connectivity index (χ3n) is 4.04. The van der Waals surface area contributed by atoms with Crippen LogP contribution in [0.3, 0.4) is 0 Å². The molecule has 3 aromatic rings. The summed E-state index contributed by atoms with van der Waals surface area (Å²) >= 11 is 3.22. The molecule has 1 amide bonds. The first kappa shape index (κ1) is 19.5. The van der Waals surface area contributed by atoms with Gasteiger partial charge in [0.25, 0.3) is 5.91 Å². The van der Waals surface area contributed by atoms with Gasteiger partial charge in [-0.1, -0.05) is 29.8 Å². The number of aromatic nitrogens is 1. The highest BCUT2D eigenvalue weighted by Crippen LogP contribution is 2.27. The molecule has 1 heterocycles. The standard InChI is InChI=1S/C21H22N2O2S2/c1-16-7-9-18(10-8-16)25-12-11-23(2)21(24)19-5-3-4-6-20(19)27-14-17-13-26-15-22-17/h3-10,13,15H,11-12,14H2,1-2H3. The summed E-state index contributed by atoms with van der Waals surface area (Å²) in [6.07, 6.45) is 0. The van der Waals surface area contributed by atoms with E-state index in [4.69, 9.17) is 4.74 Å². The van der Waals surface area contributed by atoms with Crippen molar-refractivity contribution < 1.29 is 9.53 Å². The number of aryl methyl sites for hydroxylation is 1. The molecule has 4 nitrogen and oxygen atoms in total. The molecule has 0 unspecified atom stereocenters. The minimum atomic E-state index is 0.00360. The summed E-state index contributed by atoms with van der Waals surface area (Å²) in [5, 5.41) is 2.03. The normalized spacial score (nSPS) is 10.6. The molecule has 6 heteroatoms. The molecule has 1 aromatic heterocycles. The SMILES string of the molecule is Cc1ccc(OCCN(C)C(=O)c2ccccc2SCc2cscn2)cc1. The van der Waals surface area contributed by atoms with Crippen molar-refractivity contribution in [1.29, 1.82) is 0 Å². The second-order valence-corrected chi connectivity index (χ2v) is 7.89. The van der Waals surface area contributed by atoms with E-state index in [0.29, 0.717) is 13.2 Å². The van der Waals surface area contributed by atoms with Crippen molar-refractivity contribution in [3.63, 3.8) is 0 Å². The molecule has 0 aliphatic carbocycles. The molecule has 0 saturated heterocycles. The number of thioether (sulfide) groups is 1. The maximum atomic E-state index is 12.9. The van der Waals surface area contributed by atoms with Gasteiger partial charge in [0.15, 0.2) is 0 Å². The topological polar surface area (TPSA) is 42.4 Å². The summed E-state index contributed by atoms with van der Waals surface area (Å²) in [6, 6.07) is 15.6. The number of benzene rings is 2. The van der Waals surface area contributed by atoms with Crippen molar-refractivity contribution >= 4 is 29.0 Å². The Hall–Kier alpha value is -2.31. The predicted molar refractivity (Wildman–Crippen MR) is 112 cm³/mol. The molecule has 0 aliphatic heterocycles. The third-order valence-corrected chi connectivity index (χ3v) is 5.78. The van der Waals surface area contributed by atoms with E-state index in [1.54, 1.807) is 28.0 Å². The van der Waals surface area contributed by atoms with Crippen molar-refractivity contribution in [2.45, 2.75) is 17.6 Å². The van der Waals surface area contributed by atoms with Crippen LogP contribution >= 0.6 is 23.1 Å². The first-order chi connectivity index (χ1) is 13.1. The van der Waals surface area contributed by atoms with Gasteiger partial charge in [0.05, 0.1) is 23.3 Å². The van der Waals surface area contributed by atoms with Crippen LogP contribution in [-0.4, -0.2) is 36.0 Å². The summed E-state index contributed by atoms with van der Waals surface area (Å²) in [6.45, 7) is 3.03. The summed E-state index contributed by atoms with van der Waals surface area (Å²) in [7, 11) is 1.81. The molecular formula is C21H22N2O2S2. The van der Waals surface area contributed by atoms with Gasteiger partial charge in [-0.15, -0.1) is 23.1 Å². The molecule has 27 heavy (non-hydrogen) atoms. The molecule has 0 fully saturated rings. The molecule has 0 aliphatic rings. The highest BCUT2D eigenvalue weighted by molar-refractivity contribution is 7.98. The fourth-order valence-corrected chi connectivity index (χ4v) is 4.08. The molecule has 0 radical (unpaired) electrons. The van der Waals surface area contributed by atoms with Crippen molar-refractivity contribution in [3.8, 4) is 5.75 Å². The third kappa shape index (κ3) is 5.58. The summed E-state index contributed by atoms with van der Waals surface area (Å²) in [5.74, 6) is 1.58. The van der Waals surface area contributed by atoms with Gasteiger partial charge in [0, 0.05) is 23.1 Å². The van der Waals surface area contributed by atoms with Gasteiger partial charge in [-0.25, -0.2) is 4.98 Å². The van der Waals surface area contributed by atoms with Crippen LogP contribution in [0.15, 0.2) is 64.3 Å². The highest BCUT2D eigenvalue weighted by atomic mass is 32.2. The van der Waals surface area contributed by atoms with Crippen LogP contribution in [0, 0.1) is 6.92 Å². The fourth-order valence-electron chi connectivity index (χ4n) is 2.47. The van der Waals surface area contributed by atoms with Crippen LogP contribution < -0.4 is 4.74 Å². The maximum Gasteiger partial charge on any atom is 0.254 e. The molecule has 140 valence electrons. The van der Waals surface area contributed by atoms with Crippen molar-refractivity contribution in [2.24, 2.45) is 0 Å². The Kier molecular flexibility index (Phi) is 6.90. The average Bonchev–Trinajstić information content (AvgIpc) is 3.21. The number of carbonyl (C=O) groups is 1. The molecule has 0 bridgehead atoms. The highest BCUT2D eigenvalue weighted by Gasteiger charge is 2.16. The lowest BCUT2D eigenvalue weighted by Crippen LogP contribution is -2.31. The first-order valence-electron chi connectivity index (χ1n) is 8.67. The first-order valence-corrected chi connectivity index (χ1v) is 10.6. The summed E-state index contributed by atoms with van der Waals surface area (Å²) in [4.78, 5) is 19.8. The number of likely N-dealkylation sites (N-methyl/N-ethyl adjacent to an activating group) is 1. The van der Waals surface area contributed by atoms with Gasteiger partial charge >= 0.3 is 0 Å². The Morgan fingerprint density at radius 2 is 1.96 bits per heavy atom. The number of rotatable bonds is 8. The van der Waals surface area contributed by atoms with Gasteiger partial charge in [-0.2, -0.15) is 0 Å². The van der Waals surface area contributed by atoms with Gasteiger partial charge in [-0.3, -0.25) is 4.79 Å². The van der Waals surface area contributed by atoms with Gasteiger partial charge < -0.3 is 9.64 Å². The van der Waals surface area contributed by atoms with Gasteiger partial charge in [0.1, 0.15) is 12.4 Å². The minimum absolute atomic E-state index is 0.00360. The molecular weight excluding hydrogens is 376 g/mol. The van der Waals surface area contributed by atoms with Gasteiger partial charge in [0.2, 0.25) is 0 Å². The quantitative estimate of drug-likeness (QED) is 0.507. The molecule has 0 saturated carbocycles. The van der Waals surface area contributed by atoms with E-state index >= 15 is 0 Å². The van der Waals surface area contributed by atoms with Crippen LogP contribution in [0.5, 0.6) is 5.75 Å². The smallest absolute Gasteiger partial charge is 0.254 e. The predicted octanol–water partition coefficient (Wildman–Crippen LogP) is 4.89. The zero-order valence-corrected chi connectivity index (χ0v) is 17.1. The van der Waals surface area contributed by atoms with Crippen LogP contribution in [0.4, 0.5) is 0 Å². The number of hydrogen-bond acceptors (Lipinski definition) is 5. The number of ether oxygens (including phenoxy) is 1. The lowest BCUT2D eigenvalue weighted by Gasteiger charge is -2.19. The fraction of sp³-hybridized carbons (Fsp3) is 0.238. The van der Waals surface area contributed by atoms with Crippen LogP contribution in [0.25, 0.3) is 0 Å². The second-order valence-electron chi connectivity index (χ2n) is 6.15. The Balaban J connectivity index is 1.56. The van der Waals surface area contributed by atoms with Crippen LogP contribution in [0.2, 0.25) is 0 Å². The van der Waals surface area contributed by atoms with E-state index in [9.17, 15) is 4.79 Å². The van der Waals surface area contributed by atoms with Crippen molar-refractivity contribution in [3.05, 3.63) is 76.2 Å². The lowest BCUT2D eigenvalue weighted by atomic mass is 10.2. The number of hydrogen-bond donors (Lipinski definition) is 0.